The molecule has 0 saturated heterocycles. The second kappa shape index (κ2) is 6.94. The molecule has 1 unspecified atom stereocenters. The number of nitrogens with zero attached hydrogens (tertiary/aromatic N) is 2. The van der Waals surface area contributed by atoms with E-state index < -0.39 is 11.5 Å². The Kier molecular flexibility index (Phi) is 4.97. The molecular formula is C20H27N3O4. The summed E-state index contributed by atoms with van der Waals surface area (Å²) in [4.78, 5) is 29.1. The summed E-state index contributed by atoms with van der Waals surface area (Å²) >= 11 is 0. The van der Waals surface area contributed by atoms with Crippen molar-refractivity contribution >= 4 is 23.0 Å². The van der Waals surface area contributed by atoms with Gasteiger partial charge in [0, 0.05) is 11.6 Å². The molecule has 2 N–H and O–H groups in total. The van der Waals surface area contributed by atoms with Gasteiger partial charge in [0.05, 0.1) is 28.6 Å². The Bertz CT molecular complexity index is 883. The zero-order valence-electron chi connectivity index (χ0n) is 16.5. The van der Waals surface area contributed by atoms with Crippen LogP contribution in [0.1, 0.15) is 87.5 Å². The van der Waals surface area contributed by atoms with E-state index in [9.17, 15) is 14.7 Å². The highest BCUT2D eigenvalue weighted by Gasteiger charge is 2.35. The second-order valence-electron chi connectivity index (χ2n) is 8.37. The first-order valence-electron chi connectivity index (χ1n) is 9.47. The van der Waals surface area contributed by atoms with Crippen molar-refractivity contribution in [1.82, 2.24) is 15.5 Å². The van der Waals surface area contributed by atoms with E-state index in [1.54, 1.807) is 6.92 Å². The van der Waals surface area contributed by atoms with E-state index in [1.807, 2.05) is 33.8 Å². The molecule has 146 valence electrons. The maximum absolute atomic E-state index is 13.2. The van der Waals surface area contributed by atoms with Crippen molar-refractivity contribution in [3.63, 3.8) is 0 Å². The molecule has 2 aromatic rings. The smallest absolute Gasteiger partial charge is 0.305 e. The molecule has 1 aliphatic rings. The molecular weight excluding hydrogens is 346 g/mol. The molecule has 27 heavy (non-hydrogen) atoms. The normalized spacial score (nSPS) is 16.7. The van der Waals surface area contributed by atoms with Gasteiger partial charge in [-0.2, -0.15) is 0 Å². The Morgan fingerprint density at radius 2 is 2.00 bits per heavy atom. The van der Waals surface area contributed by atoms with E-state index in [-0.39, 0.29) is 24.2 Å². The van der Waals surface area contributed by atoms with Crippen LogP contribution in [0.15, 0.2) is 10.6 Å². The Labute approximate surface area is 158 Å². The number of aromatic nitrogens is 2. The third kappa shape index (κ3) is 3.82. The van der Waals surface area contributed by atoms with Gasteiger partial charge in [-0.1, -0.05) is 32.9 Å². The minimum atomic E-state index is -0.946. The Morgan fingerprint density at radius 3 is 2.52 bits per heavy atom. The number of carbonyl (C=O) groups is 2. The number of fused-ring (bicyclic) bond motifs is 1. The van der Waals surface area contributed by atoms with Crippen molar-refractivity contribution in [1.29, 1.82) is 0 Å². The van der Waals surface area contributed by atoms with Gasteiger partial charge < -0.3 is 14.9 Å². The zero-order chi connectivity index (χ0) is 19.9. The molecule has 0 bridgehead atoms. The number of carboxylic acid groups (broad SMARTS) is 1. The van der Waals surface area contributed by atoms with Gasteiger partial charge in [0.15, 0.2) is 0 Å². The van der Waals surface area contributed by atoms with Gasteiger partial charge in [-0.15, -0.1) is 0 Å². The molecule has 1 saturated carbocycles. The van der Waals surface area contributed by atoms with Gasteiger partial charge in [-0.05, 0) is 37.7 Å². The molecule has 1 fully saturated rings. The summed E-state index contributed by atoms with van der Waals surface area (Å²) in [5, 5.41) is 17.0. The lowest BCUT2D eigenvalue weighted by atomic mass is 9.84. The van der Waals surface area contributed by atoms with E-state index in [1.165, 1.54) is 0 Å². The molecule has 0 spiro atoms. The summed E-state index contributed by atoms with van der Waals surface area (Å²) in [5.41, 5.74) is 1.49. The van der Waals surface area contributed by atoms with Crippen LogP contribution in [0.3, 0.4) is 0 Å². The van der Waals surface area contributed by atoms with Crippen molar-refractivity contribution in [2.24, 2.45) is 5.92 Å². The maximum atomic E-state index is 13.2. The monoisotopic (exact) mass is 373 g/mol. The standard InChI is InChI=1S/C20H27N3O4/c1-10(2)17-16-13(8-14(12-6-7-12)21-19(16)27-23-17)18(26)22-20(5,11(3)4)9-15(24)25/h8,10-12H,6-7,9H2,1-5H3,(H,22,26)(H,24,25). The number of hydrogen-bond donors (Lipinski definition) is 2. The number of carbonyl (C=O) groups excluding carboxylic acids is 1. The number of nitrogens with one attached hydrogen (secondary N) is 1. The van der Waals surface area contributed by atoms with Gasteiger partial charge in [-0.25, -0.2) is 4.98 Å². The van der Waals surface area contributed by atoms with E-state index in [0.29, 0.717) is 28.3 Å². The first kappa shape index (κ1) is 19.3. The molecule has 3 rings (SSSR count). The molecule has 0 aliphatic heterocycles. The molecule has 7 heteroatoms. The highest BCUT2D eigenvalue weighted by atomic mass is 16.5. The van der Waals surface area contributed by atoms with Crippen LogP contribution in [-0.2, 0) is 4.79 Å². The number of pyridine rings is 1. The average molecular weight is 373 g/mol. The summed E-state index contributed by atoms with van der Waals surface area (Å²) in [7, 11) is 0. The molecule has 0 radical (unpaired) electrons. The van der Waals surface area contributed by atoms with Crippen LogP contribution in [0, 0.1) is 5.92 Å². The van der Waals surface area contributed by atoms with Crippen LogP contribution >= 0.6 is 0 Å². The first-order valence-corrected chi connectivity index (χ1v) is 9.47. The van der Waals surface area contributed by atoms with E-state index >= 15 is 0 Å². The fraction of sp³-hybridized carbons (Fsp3) is 0.600. The first-order chi connectivity index (χ1) is 12.6. The lowest BCUT2D eigenvalue weighted by Gasteiger charge is -2.33. The predicted molar refractivity (Wildman–Crippen MR) is 101 cm³/mol. The Morgan fingerprint density at radius 1 is 1.33 bits per heavy atom. The number of aliphatic carboxylic acids is 1. The van der Waals surface area contributed by atoms with Crippen molar-refractivity contribution < 1.29 is 19.2 Å². The molecule has 1 aliphatic carbocycles. The lowest BCUT2D eigenvalue weighted by Crippen LogP contribution is -2.51. The van der Waals surface area contributed by atoms with Gasteiger partial charge >= 0.3 is 5.97 Å². The fourth-order valence-corrected chi connectivity index (χ4v) is 3.19. The van der Waals surface area contributed by atoms with Gasteiger partial charge in [-0.3, -0.25) is 9.59 Å². The molecule has 7 nitrogen and oxygen atoms in total. The number of hydrogen-bond acceptors (Lipinski definition) is 5. The summed E-state index contributed by atoms with van der Waals surface area (Å²) in [6.45, 7) is 9.54. The number of rotatable bonds is 7. The van der Waals surface area contributed by atoms with E-state index in [4.69, 9.17) is 4.52 Å². The third-order valence-electron chi connectivity index (χ3n) is 5.47. The van der Waals surface area contributed by atoms with Crippen molar-refractivity contribution in [3.8, 4) is 0 Å². The molecule has 2 heterocycles. The maximum Gasteiger partial charge on any atom is 0.305 e. The van der Waals surface area contributed by atoms with Gasteiger partial charge in [0.2, 0.25) is 0 Å². The molecule has 1 atom stereocenters. The molecule has 2 aromatic heterocycles. The molecule has 0 aromatic carbocycles. The second-order valence-corrected chi connectivity index (χ2v) is 8.37. The molecule has 1 amide bonds. The van der Waals surface area contributed by atoms with Crippen LogP contribution in [0.2, 0.25) is 0 Å². The fourth-order valence-electron chi connectivity index (χ4n) is 3.19. The minimum absolute atomic E-state index is 0.0511. The topological polar surface area (TPSA) is 105 Å². The van der Waals surface area contributed by atoms with Crippen LogP contribution in [0.5, 0.6) is 0 Å². The highest BCUT2D eigenvalue weighted by Crippen LogP contribution is 2.41. The van der Waals surface area contributed by atoms with Crippen LogP contribution in [0.25, 0.3) is 11.1 Å². The van der Waals surface area contributed by atoms with Crippen LogP contribution in [-0.4, -0.2) is 32.7 Å². The van der Waals surface area contributed by atoms with Crippen molar-refractivity contribution in [3.05, 3.63) is 23.0 Å². The van der Waals surface area contributed by atoms with Gasteiger partial charge in [0.25, 0.3) is 11.6 Å². The van der Waals surface area contributed by atoms with Gasteiger partial charge in [0.1, 0.15) is 0 Å². The number of carboxylic acids is 1. The zero-order valence-corrected chi connectivity index (χ0v) is 16.5. The summed E-state index contributed by atoms with van der Waals surface area (Å²) in [6, 6.07) is 1.82. The SMILES string of the molecule is CC(C)c1noc2nc(C3CC3)cc(C(=O)NC(C)(CC(=O)O)C(C)C)c12. The lowest BCUT2D eigenvalue weighted by molar-refractivity contribution is -0.138. The summed E-state index contributed by atoms with van der Waals surface area (Å²) in [6.07, 6.45) is 1.95. The quantitative estimate of drug-likeness (QED) is 0.764. The predicted octanol–water partition coefficient (Wildman–Crippen LogP) is 3.84. The Balaban J connectivity index is 2.06. The number of amides is 1. The Hall–Kier alpha value is -2.44. The van der Waals surface area contributed by atoms with Crippen molar-refractivity contribution in [2.45, 2.75) is 71.3 Å². The van der Waals surface area contributed by atoms with Crippen LogP contribution < -0.4 is 5.32 Å². The summed E-state index contributed by atoms with van der Waals surface area (Å²) in [5.74, 6) is -0.888. The third-order valence-corrected chi connectivity index (χ3v) is 5.47. The summed E-state index contributed by atoms with van der Waals surface area (Å²) < 4.78 is 5.43. The van der Waals surface area contributed by atoms with Crippen molar-refractivity contribution in [2.75, 3.05) is 0 Å². The van der Waals surface area contributed by atoms with Crippen LogP contribution in [0.4, 0.5) is 0 Å². The largest absolute Gasteiger partial charge is 0.481 e. The average Bonchev–Trinajstić information content (AvgIpc) is 3.31. The minimum Gasteiger partial charge on any atom is -0.481 e. The van der Waals surface area contributed by atoms with E-state index in [2.05, 4.69) is 15.5 Å². The van der Waals surface area contributed by atoms with E-state index in [0.717, 1.165) is 18.5 Å². The highest BCUT2D eigenvalue weighted by molar-refractivity contribution is 6.06.